The Morgan fingerprint density at radius 1 is 1.21 bits per heavy atom. The lowest BCUT2D eigenvalue weighted by molar-refractivity contribution is 0.0526. The van der Waals surface area contributed by atoms with Crippen molar-refractivity contribution in [2.75, 3.05) is 11.9 Å². The molecule has 2 aromatic rings. The van der Waals surface area contributed by atoms with Gasteiger partial charge >= 0.3 is 5.97 Å². The molecule has 0 bridgehead atoms. The lowest BCUT2D eigenvalue weighted by atomic mass is 9.95. The Bertz CT molecular complexity index is 779. The molecule has 1 N–H and O–H groups in total. The number of hydrogen-bond acceptors (Lipinski definition) is 4. The number of carbonyl (C=O) groups excluding carboxylic acids is 2. The SMILES string of the molecule is CCOC(=O)c1c(NC(=O)c2ccccc2C)sc2c1CCCC2. The molecular formula is C19H21NO3S. The highest BCUT2D eigenvalue weighted by atomic mass is 32.1. The summed E-state index contributed by atoms with van der Waals surface area (Å²) >= 11 is 1.51. The molecule has 24 heavy (non-hydrogen) atoms. The van der Waals surface area contributed by atoms with E-state index in [1.165, 1.54) is 16.2 Å². The predicted octanol–water partition coefficient (Wildman–Crippen LogP) is 4.36. The number of aryl methyl sites for hydroxylation is 2. The molecule has 0 atom stereocenters. The van der Waals surface area contributed by atoms with Gasteiger partial charge in [0.1, 0.15) is 5.00 Å². The smallest absolute Gasteiger partial charge is 0.341 e. The summed E-state index contributed by atoms with van der Waals surface area (Å²) in [7, 11) is 0. The zero-order chi connectivity index (χ0) is 17.1. The van der Waals surface area contributed by atoms with Crippen molar-refractivity contribution in [2.45, 2.75) is 39.5 Å². The van der Waals surface area contributed by atoms with Crippen LogP contribution in [0.5, 0.6) is 0 Å². The minimum atomic E-state index is -0.336. The molecule has 0 fully saturated rings. The highest BCUT2D eigenvalue weighted by Crippen LogP contribution is 2.38. The van der Waals surface area contributed by atoms with Gasteiger partial charge in [-0.3, -0.25) is 4.79 Å². The quantitative estimate of drug-likeness (QED) is 0.839. The van der Waals surface area contributed by atoms with Crippen LogP contribution in [0.1, 0.15) is 56.5 Å². The van der Waals surface area contributed by atoms with Crippen LogP contribution in [0.4, 0.5) is 5.00 Å². The molecule has 3 rings (SSSR count). The van der Waals surface area contributed by atoms with Gasteiger partial charge in [0, 0.05) is 10.4 Å². The molecule has 126 valence electrons. The number of anilines is 1. The molecule has 1 aromatic heterocycles. The monoisotopic (exact) mass is 343 g/mol. The summed E-state index contributed by atoms with van der Waals surface area (Å²) in [5.74, 6) is -0.519. The average molecular weight is 343 g/mol. The number of thiophene rings is 1. The molecule has 0 radical (unpaired) electrons. The molecule has 1 aliphatic carbocycles. The van der Waals surface area contributed by atoms with Crippen molar-refractivity contribution in [3.63, 3.8) is 0 Å². The number of carbonyl (C=O) groups is 2. The van der Waals surface area contributed by atoms with Gasteiger partial charge in [0.25, 0.3) is 5.91 Å². The first-order chi connectivity index (χ1) is 11.6. The lowest BCUT2D eigenvalue weighted by Gasteiger charge is -2.12. The standard InChI is InChI=1S/C19H21NO3S/c1-3-23-19(22)16-14-10-6-7-11-15(14)24-18(16)20-17(21)13-9-5-4-8-12(13)2/h4-5,8-9H,3,6-7,10-11H2,1-2H3,(H,20,21). The maximum Gasteiger partial charge on any atom is 0.341 e. The number of esters is 1. The second-order valence-electron chi connectivity index (χ2n) is 5.90. The third kappa shape index (κ3) is 3.22. The van der Waals surface area contributed by atoms with Gasteiger partial charge in [-0.1, -0.05) is 18.2 Å². The Kier molecular flexibility index (Phi) is 5.00. The topological polar surface area (TPSA) is 55.4 Å². The zero-order valence-corrected chi connectivity index (χ0v) is 14.8. The number of amides is 1. The van der Waals surface area contributed by atoms with Crippen molar-refractivity contribution < 1.29 is 14.3 Å². The summed E-state index contributed by atoms with van der Waals surface area (Å²) < 4.78 is 5.22. The van der Waals surface area contributed by atoms with Crippen molar-refractivity contribution >= 4 is 28.2 Å². The maximum absolute atomic E-state index is 12.6. The highest BCUT2D eigenvalue weighted by Gasteiger charge is 2.27. The molecule has 1 heterocycles. The third-order valence-electron chi connectivity index (χ3n) is 4.27. The molecule has 0 saturated carbocycles. The Balaban J connectivity index is 1.95. The Hall–Kier alpha value is -2.14. The Morgan fingerprint density at radius 2 is 1.96 bits per heavy atom. The van der Waals surface area contributed by atoms with Crippen LogP contribution in [0.2, 0.25) is 0 Å². The first-order valence-corrected chi connectivity index (χ1v) is 9.12. The summed E-state index contributed by atoms with van der Waals surface area (Å²) in [5, 5.41) is 3.56. The van der Waals surface area contributed by atoms with E-state index in [1.807, 2.05) is 25.1 Å². The van der Waals surface area contributed by atoms with E-state index < -0.39 is 0 Å². The number of fused-ring (bicyclic) bond motifs is 1. The molecule has 1 amide bonds. The second-order valence-corrected chi connectivity index (χ2v) is 7.01. The third-order valence-corrected chi connectivity index (χ3v) is 5.47. The Morgan fingerprint density at radius 3 is 2.71 bits per heavy atom. The zero-order valence-electron chi connectivity index (χ0n) is 14.0. The van der Waals surface area contributed by atoms with Gasteiger partial charge in [-0.2, -0.15) is 0 Å². The summed E-state index contributed by atoms with van der Waals surface area (Å²) in [6.07, 6.45) is 4.04. The van der Waals surface area contributed by atoms with E-state index in [-0.39, 0.29) is 11.9 Å². The number of ether oxygens (including phenoxy) is 1. The molecule has 4 nitrogen and oxygen atoms in total. The first kappa shape index (κ1) is 16.7. The van der Waals surface area contributed by atoms with Crippen molar-refractivity contribution in [1.82, 2.24) is 0 Å². The van der Waals surface area contributed by atoms with Crippen LogP contribution >= 0.6 is 11.3 Å². The number of rotatable bonds is 4. The predicted molar refractivity (Wildman–Crippen MR) is 96.0 cm³/mol. The van der Waals surface area contributed by atoms with Crippen LogP contribution in [0.25, 0.3) is 0 Å². The fourth-order valence-electron chi connectivity index (χ4n) is 3.07. The molecule has 0 aliphatic heterocycles. The molecule has 0 unspecified atom stereocenters. The van der Waals surface area contributed by atoms with Gasteiger partial charge < -0.3 is 10.1 Å². The summed E-state index contributed by atoms with van der Waals surface area (Å²) in [6.45, 7) is 4.03. The summed E-state index contributed by atoms with van der Waals surface area (Å²) in [4.78, 5) is 26.2. The van der Waals surface area contributed by atoms with Gasteiger partial charge in [0.05, 0.1) is 12.2 Å². The first-order valence-electron chi connectivity index (χ1n) is 8.30. The van der Waals surface area contributed by atoms with Crippen LogP contribution in [-0.2, 0) is 17.6 Å². The van der Waals surface area contributed by atoms with E-state index in [4.69, 9.17) is 4.74 Å². The van der Waals surface area contributed by atoms with E-state index in [1.54, 1.807) is 13.0 Å². The minimum Gasteiger partial charge on any atom is -0.462 e. The average Bonchev–Trinajstić information content (AvgIpc) is 2.93. The highest BCUT2D eigenvalue weighted by molar-refractivity contribution is 7.17. The van der Waals surface area contributed by atoms with E-state index in [0.29, 0.717) is 22.7 Å². The van der Waals surface area contributed by atoms with Crippen molar-refractivity contribution in [1.29, 1.82) is 0 Å². The van der Waals surface area contributed by atoms with Gasteiger partial charge in [-0.25, -0.2) is 4.79 Å². The minimum absolute atomic E-state index is 0.183. The van der Waals surface area contributed by atoms with E-state index in [9.17, 15) is 9.59 Å². The summed E-state index contributed by atoms with van der Waals surface area (Å²) in [6, 6.07) is 7.44. The van der Waals surface area contributed by atoms with Crippen LogP contribution < -0.4 is 5.32 Å². The fraction of sp³-hybridized carbons (Fsp3) is 0.368. The molecule has 0 saturated heterocycles. The molecule has 1 aromatic carbocycles. The molecular weight excluding hydrogens is 322 g/mol. The number of nitrogens with one attached hydrogen (secondary N) is 1. The fourth-order valence-corrected chi connectivity index (χ4v) is 4.34. The molecule has 0 spiro atoms. The van der Waals surface area contributed by atoms with Gasteiger partial charge in [0.2, 0.25) is 0 Å². The van der Waals surface area contributed by atoms with Crippen LogP contribution in [0, 0.1) is 6.92 Å². The van der Waals surface area contributed by atoms with Crippen LogP contribution in [0.15, 0.2) is 24.3 Å². The van der Waals surface area contributed by atoms with E-state index in [2.05, 4.69) is 5.32 Å². The van der Waals surface area contributed by atoms with Crippen molar-refractivity contribution in [2.24, 2.45) is 0 Å². The lowest BCUT2D eigenvalue weighted by Crippen LogP contribution is -2.16. The van der Waals surface area contributed by atoms with Gasteiger partial charge in [-0.05, 0) is 56.7 Å². The summed E-state index contributed by atoms with van der Waals surface area (Å²) in [5.41, 5.74) is 3.15. The van der Waals surface area contributed by atoms with Crippen molar-refractivity contribution in [3.8, 4) is 0 Å². The molecule has 5 heteroatoms. The second kappa shape index (κ2) is 7.18. The number of benzene rings is 1. The van der Waals surface area contributed by atoms with Gasteiger partial charge in [-0.15, -0.1) is 11.3 Å². The number of hydrogen-bond donors (Lipinski definition) is 1. The molecule has 1 aliphatic rings. The van der Waals surface area contributed by atoms with E-state index in [0.717, 1.165) is 36.8 Å². The Labute approximate surface area is 145 Å². The largest absolute Gasteiger partial charge is 0.462 e. The van der Waals surface area contributed by atoms with Crippen LogP contribution in [-0.4, -0.2) is 18.5 Å². The van der Waals surface area contributed by atoms with Crippen LogP contribution in [0.3, 0.4) is 0 Å². The maximum atomic E-state index is 12.6. The van der Waals surface area contributed by atoms with Gasteiger partial charge in [0.15, 0.2) is 0 Å². The van der Waals surface area contributed by atoms with Crippen molar-refractivity contribution in [3.05, 3.63) is 51.4 Å². The normalized spacial score (nSPS) is 13.2. The van der Waals surface area contributed by atoms with E-state index >= 15 is 0 Å².